The summed E-state index contributed by atoms with van der Waals surface area (Å²) in [6.07, 6.45) is 14.3. The Morgan fingerprint density at radius 2 is 1.43 bits per heavy atom. The van der Waals surface area contributed by atoms with Gasteiger partial charge in [0.25, 0.3) is 0 Å². The molecule has 136 valence electrons. The SMILES string of the molecule is CCC(=O)OCCCCCCCCCOC1CCCCC1OC. The van der Waals surface area contributed by atoms with Gasteiger partial charge in [0.05, 0.1) is 18.8 Å². The smallest absolute Gasteiger partial charge is 0.305 e. The van der Waals surface area contributed by atoms with Gasteiger partial charge in [0.15, 0.2) is 0 Å². The number of esters is 1. The second-order valence-corrected chi connectivity index (χ2v) is 6.52. The second-order valence-electron chi connectivity index (χ2n) is 6.52. The standard InChI is InChI=1S/C19H36O4/c1-3-19(20)23-16-12-8-6-4-5-7-11-15-22-18-14-10-9-13-17(18)21-2/h17-18H,3-16H2,1-2H3. The maximum absolute atomic E-state index is 11.0. The zero-order valence-corrected chi connectivity index (χ0v) is 15.2. The van der Waals surface area contributed by atoms with Crippen molar-refractivity contribution >= 4 is 5.97 Å². The van der Waals surface area contributed by atoms with Crippen LogP contribution in [0.25, 0.3) is 0 Å². The largest absolute Gasteiger partial charge is 0.466 e. The molecule has 1 rings (SSSR count). The molecule has 0 aromatic heterocycles. The minimum Gasteiger partial charge on any atom is -0.466 e. The zero-order valence-electron chi connectivity index (χ0n) is 15.2. The van der Waals surface area contributed by atoms with Crippen LogP contribution in [0.4, 0.5) is 0 Å². The first-order valence-corrected chi connectivity index (χ1v) is 9.58. The summed E-state index contributed by atoms with van der Waals surface area (Å²) in [7, 11) is 1.80. The van der Waals surface area contributed by atoms with Gasteiger partial charge < -0.3 is 14.2 Å². The van der Waals surface area contributed by atoms with Gasteiger partial charge in [-0.15, -0.1) is 0 Å². The first kappa shape index (κ1) is 20.4. The van der Waals surface area contributed by atoms with Crippen LogP contribution in [0.15, 0.2) is 0 Å². The molecule has 23 heavy (non-hydrogen) atoms. The summed E-state index contributed by atoms with van der Waals surface area (Å²) >= 11 is 0. The molecule has 0 aromatic rings. The molecule has 2 atom stereocenters. The van der Waals surface area contributed by atoms with E-state index in [1.165, 1.54) is 38.5 Å². The lowest BCUT2D eigenvalue weighted by atomic mass is 9.94. The predicted molar refractivity (Wildman–Crippen MR) is 92.6 cm³/mol. The number of unbranched alkanes of at least 4 members (excludes halogenated alkanes) is 6. The zero-order chi connectivity index (χ0) is 16.8. The van der Waals surface area contributed by atoms with E-state index in [9.17, 15) is 4.79 Å². The van der Waals surface area contributed by atoms with Crippen LogP contribution in [0.5, 0.6) is 0 Å². The minimum absolute atomic E-state index is 0.0846. The van der Waals surface area contributed by atoms with E-state index in [4.69, 9.17) is 14.2 Å². The van der Waals surface area contributed by atoms with Crippen molar-refractivity contribution in [1.82, 2.24) is 0 Å². The average molecular weight is 328 g/mol. The molecular formula is C19H36O4. The molecular weight excluding hydrogens is 292 g/mol. The summed E-state index contributed by atoms with van der Waals surface area (Å²) in [5, 5.41) is 0. The van der Waals surface area contributed by atoms with Crippen molar-refractivity contribution < 1.29 is 19.0 Å². The Labute approximate surface area is 142 Å². The molecule has 1 saturated carbocycles. The lowest BCUT2D eigenvalue weighted by molar-refractivity contribution is -0.143. The van der Waals surface area contributed by atoms with E-state index in [0.717, 1.165) is 38.7 Å². The summed E-state index contributed by atoms with van der Waals surface area (Å²) in [5.41, 5.74) is 0. The van der Waals surface area contributed by atoms with Gasteiger partial charge in [-0.2, -0.15) is 0 Å². The molecule has 0 heterocycles. The Morgan fingerprint density at radius 3 is 2.04 bits per heavy atom. The van der Waals surface area contributed by atoms with E-state index in [1.54, 1.807) is 7.11 Å². The minimum atomic E-state index is -0.0846. The third-order valence-electron chi connectivity index (χ3n) is 4.62. The Morgan fingerprint density at radius 1 is 0.870 bits per heavy atom. The maximum Gasteiger partial charge on any atom is 0.305 e. The van der Waals surface area contributed by atoms with E-state index in [2.05, 4.69) is 0 Å². The summed E-state index contributed by atoms with van der Waals surface area (Å²) in [4.78, 5) is 11.0. The second kappa shape index (κ2) is 13.8. The van der Waals surface area contributed by atoms with Crippen molar-refractivity contribution in [2.75, 3.05) is 20.3 Å². The molecule has 1 aliphatic carbocycles. The fourth-order valence-electron chi connectivity index (χ4n) is 3.13. The lowest BCUT2D eigenvalue weighted by Gasteiger charge is -2.30. The highest BCUT2D eigenvalue weighted by atomic mass is 16.5. The summed E-state index contributed by atoms with van der Waals surface area (Å²) in [6, 6.07) is 0. The number of carbonyl (C=O) groups is 1. The molecule has 0 aliphatic heterocycles. The third-order valence-corrected chi connectivity index (χ3v) is 4.62. The molecule has 4 heteroatoms. The Hall–Kier alpha value is -0.610. The molecule has 0 radical (unpaired) electrons. The first-order valence-electron chi connectivity index (χ1n) is 9.58. The molecule has 0 aromatic carbocycles. The molecule has 1 aliphatic rings. The van der Waals surface area contributed by atoms with E-state index < -0.39 is 0 Å². The Kier molecular flexibility index (Phi) is 12.3. The van der Waals surface area contributed by atoms with Crippen LogP contribution in [0.1, 0.15) is 84.0 Å². The monoisotopic (exact) mass is 328 g/mol. The van der Waals surface area contributed by atoms with Crippen LogP contribution in [-0.2, 0) is 19.0 Å². The van der Waals surface area contributed by atoms with E-state index in [1.807, 2.05) is 6.92 Å². The van der Waals surface area contributed by atoms with Gasteiger partial charge in [-0.05, 0) is 25.7 Å². The molecule has 0 spiro atoms. The maximum atomic E-state index is 11.0. The van der Waals surface area contributed by atoms with Crippen molar-refractivity contribution in [3.05, 3.63) is 0 Å². The number of hydrogen-bond acceptors (Lipinski definition) is 4. The van der Waals surface area contributed by atoms with Gasteiger partial charge >= 0.3 is 5.97 Å². The van der Waals surface area contributed by atoms with E-state index in [-0.39, 0.29) is 5.97 Å². The van der Waals surface area contributed by atoms with Crippen LogP contribution in [0, 0.1) is 0 Å². The molecule has 1 fully saturated rings. The molecule has 0 saturated heterocycles. The Bertz CT molecular complexity index is 293. The van der Waals surface area contributed by atoms with E-state index in [0.29, 0.717) is 25.2 Å². The van der Waals surface area contributed by atoms with Crippen LogP contribution >= 0.6 is 0 Å². The van der Waals surface area contributed by atoms with Gasteiger partial charge in [0.1, 0.15) is 0 Å². The van der Waals surface area contributed by atoms with Crippen LogP contribution in [0.2, 0.25) is 0 Å². The van der Waals surface area contributed by atoms with Crippen molar-refractivity contribution in [2.24, 2.45) is 0 Å². The highest BCUT2D eigenvalue weighted by molar-refractivity contribution is 5.68. The van der Waals surface area contributed by atoms with Crippen LogP contribution in [-0.4, -0.2) is 38.5 Å². The van der Waals surface area contributed by atoms with Crippen molar-refractivity contribution in [1.29, 1.82) is 0 Å². The Balaban J connectivity index is 1.83. The number of rotatable bonds is 13. The van der Waals surface area contributed by atoms with E-state index >= 15 is 0 Å². The third kappa shape index (κ3) is 9.98. The highest BCUT2D eigenvalue weighted by Gasteiger charge is 2.25. The number of methoxy groups -OCH3 is 1. The quantitative estimate of drug-likeness (QED) is 0.365. The molecule has 0 amide bonds. The average Bonchev–Trinajstić information content (AvgIpc) is 2.59. The molecule has 2 unspecified atom stereocenters. The normalized spacial score (nSPS) is 21.3. The van der Waals surface area contributed by atoms with Gasteiger partial charge in [0, 0.05) is 20.1 Å². The summed E-state index contributed by atoms with van der Waals surface area (Å²) < 4.78 is 16.6. The number of hydrogen-bond donors (Lipinski definition) is 0. The van der Waals surface area contributed by atoms with Crippen LogP contribution < -0.4 is 0 Å². The lowest BCUT2D eigenvalue weighted by Crippen LogP contribution is -2.34. The topological polar surface area (TPSA) is 44.8 Å². The van der Waals surface area contributed by atoms with Gasteiger partial charge in [0.2, 0.25) is 0 Å². The molecule has 4 nitrogen and oxygen atoms in total. The van der Waals surface area contributed by atoms with Gasteiger partial charge in [-0.25, -0.2) is 0 Å². The van der Waals surface area contributed by atoms with Gasteiger partial charge in [-0.1, -0.05) is 51.9 Å². The number of ether oxygens (including phenoxy) is 3. The van der Waals surface area contributed by atoms with Gasteiger partial charge in [-0.3, -0.25) is 4.79 Å². The molecule has 0 bridgehead atoms. The fourth-order valence-corrected chi connectivity index (χ4v) is 3.13. The fraction of sp³-hybridized carbons (Fsp3) is 0.947. The predicted octanol–water partition coefficient (Wildman–Crippen LogP) is 4.64. The van der Waals surface area contributed by atoms with Crippen molar-refractivity contribution in [2.45, 2.75) is 96.2 Å². The first-order chi connectivity index (χ1) is 11.3. The molecule has 0 N–H and O–H groups in total. The number of carbonyl (C=O) groups excluding carboxylic acids is 1. The van der Waals surface area contributed by atoms with Crippen LogP contribution in [0.3, 0.4) is 0 Å². The van der Waals surface area contributed by atoms with Crippen molar-refractivity contribution in [3.8, 4) is 0 Å². The summed E-state index contributed by atoms with van der Waals surface area (Å²) in [6.45, 7) is 3.29. The van der Waals surface area contributed by atoms with Crippen molar-refractivity contribution in [3.63, 3.8) is 0 Å². The summed E-state index contributed by atoms with van der Waals surface area (Å²) in [5.74, 6) is -0.0846. The highest BCUT2D eigenvalue weighted by Crippen LogP contribution is 2.23.